The molecule has 0 heterocycles. The third kappa shape index (κ3) is 2.56. The first-order valence-electron chi connectivity index (χ1n) is 3.45. The highest BCUT2D eigenvalue weighted by Gasteiger charge is 2.47. The first-order chi connectivity index (χ1) is 4.60. The van der Waals surface area contributed by atoms with E-state index in [-0.39, 0.29) is 11.3 Å². The Labute approximate surface area is 66.7 Å². The second kappa shape index (κ2) is 3.81. The van der Waals surface area contributed by atoms with Crippen molar-refractivity contribution in [2.45, 2.75) is 31.6 Å². The molecule has 1 fully saturated rings. The van der Waals surface area contributed by atoms with Gasteiger partial charge in [0.25, 0.3) is 0 Å². The lowest BCUT2D eigenvalue weighted by Crippen LogP contribution is -1.95. The number of primary amides is 1. The molecule has 1 amide bonds. The van der Waals surface area contributed by atoms with Gasteiger partial charge in [0, 0.05) is 4.87 Å². The van der Waals surface area contributed by atoms with Crippen molar-refractivity contribution in [3.05, 3.63) is 0 Å². The van der Waals surface area contributed by atoms with Crippen molar-refractivity contribution in [1.82, 2.24) is 0 Å². The predicted molar refractivity (Wildman–Crippen MR) is 42.9 cm³/mol. The molecule has 60 valence electrons. The van der Waals surface area contributed by atoms with Crippen LogP contribution < -0.4 is 5.73 Å². The van der Waals surface area contributed by atoms with Gasteiger partial charge in [-0.2, -0.15) is 0 Å². The standard InChI is InChI=1S/C6H11Cl.CH3NO/c1-3-6(7)4-5(6)2;2-1-3/h5H,3-4H2,1-2H3;1H,(H2,2,3). The van der Waals surface area contributed by atoms with Crippen LogP contribution in [0.25, 0.3) is 0 Å². The average molecular weight is 164 g/mol. The van der Waals surface area contributed by atoms with Crippen molar-refractivity contribution in [2.24, 2.45) is 11.7 Å². The lowest BCUT2D eigenvalue weighted by atomic mass is 10.3. The van der Waals surface area contributed by atoms with E-state index in [1.165, 1.54) is 6.42 Å². The van der Waals surface area contributed by atoms with Gasteiger partial charge in [0.2, 0.25) is 6.41 Å². The number of halogens is 1. The third-order valence-corrected chi connectivity index (χ3v) is 2.75. The van der Waals surface area contributed by atoms with Gasteiger partial charge in [-0.3, -0.25) is 4.79 Å². The Bertz CT molecular complexity index is 114. The molecular weight excluding hydrogens is 150 g/mol. The molecule has 1 aliphatic carbocycles. The number of amides is 1. The molecule has 2 atom stereocenters. The SMILES string of the molecule is CCC1(Cl)CC1C.NC=O. The van der Waals surface area contributed by atoms with Gasteiger partial charge < -0.3 is 5.73 Å². The Kier molecular flexibility index (Phi) is 3.72. The molecule has 1 aliphatic rings. The van der Waals surface area contributed by atoms with Gasteiger partial charge in [-0.05, 0) is 18.8 Å². The van der Waals surface area contributed by atoms with E-state index >= 15 is 0 Å². The Morgan fingerprint density at radius 1 is 1.90 bits per heavy atom. The summed E-state index contributed by atoms with van der Waals surface area (Å²) in [4.78, 5) is 8.81. The normalized spacial score (nSPS) is 35.7. The fraction of sp³-hybridized carbons (Fsp3) is 0.857. The molecule has 0 aromatic rings. The summed E-state index contributed by atoms with van der Waals surface area (Å²) < 4.78 is 0. The zero-order chi connectivity index (χ0) is 8.20. The molecule has 0 aromatic carbocycles. The van der Waals surface area contributed by atoms with E-state index in [0.29, 0.717) is 0 Å². The molecule has 0 saturated heterocycles. The highest BCUT2D eigenvalue weighted by Crippen LogP contribution is 2.51. The quantitative estimate of drug-likeness (QED) is 0.462. The number of hydrogen-bond donors (Lipinski definition) is 1. The summed E-state index contributed by atoms with van der Waals surface area (Å²) in [5.41, 5.74) is 4.17. The zero-order valence-electron chi connectivity index (χ0n) is 6.43. The highest BCUT2D eigenvalue weighted by atomic mass is 35.5. The molecule has 0 aromatic heterocycles. The molecule has 10 heavy (non-hydrogen) atoms. The van der Waals surface area contributed by atoms with E-state index in [4.69, 9.17) is 16.4 Å². The molecule has 2 N–H and O–H groups in total. The lowest BCUT2D eigenvalue weighted by Gasteiger charge is -1.97. The van der Waals surface area contributed by atoms with E-state index in [1.807, 2.05) is 0 Å². The summed E-state index contributed by atoms with van der Waals surface area (Å²) in [6.07, 6.45) is 2.61. The molecule has 1 rings (SSSR count). The van der Waals surface area contributed by atoms with Crippen molar-refractivity contribution < 1.29 is 4.79 Å². The summed E-state index contributed by atoms with van der Waals surface area (Å²) in [6.45, 7) is 4.35. The fourth-order valence-corrected chi connectivity index (χ4v) is 1.17. The van der Waals surface area contributed by atoms with Gasteiger partial charge in [-0.25, -0.2) is 0 Å². The second-order valence-corrected chi connectivity index (χ2v) is 3.38. The number of carbonyl (C=O) groups excluding carboxylic acids is 1. The fourth-order valence-electron chi connectivity index (χ4n) is 0.943. The summed E-state index contributed by atoms with van der Waals surface area (Å²) >= 11 is 5.98. The number of alkyl halides is 1. The monoisotopic (exact) mass is 163 g/mol. The predicted octanol–water partition coefficient (Wildman–Crippen LogP) is 1.52. The molecule has 2 unspecified atom stereocenters. The molecule has 0 spiro atoms. The van der Waals surface area contributed by atoms with E-state index in [1.54, 1.807) is 0 Å². The largest absolute Gasteiger partial charge is 0.372 e. The molecule has 2 nitrogen and oxygen atoms in total. The van der Waals surface area contributed by atoms with Crippen LogP contribution in [-0.2, 0) is 4.79 Å². The van der Waals surface area contributed by atoms with Crippen LogP contribution >= 0.6 is 11.6 Å². The maximum atomic E-state index is 8.58. The van der Waals surface area contributed by atoms with Crippen LogP contribution in [0, 0.1) is 5.92 Å². The number of nitrogens with two attached hydrogens (primary N) is 1. The van der Waals surface area contributed by atoms with Gasteiger partial charge in [0.1, 0.15) is 0 Å². The number of hydrogen-bond acceptors (Lipinski definition) is 1. The Hall–Kier alpha value is -0.240. The first-order valence-corrected chi connectivity index (χ1v) is 3.82. The van der Waals surface area contributed by atoms with Crippen LogP contribution in [0.2, 0.25) is 0 Å². The molecule has 0 radical (unpaired) electrons. The molecular formula is C7H14ClNO. The van der Waals surface area contributed by atoms with Crippen molar-refractivity contribution in [3.8, 4) is 0 Å². The first kappa shape index (κ1) is 9.76. The lowest BCUT2D eigenvalue weighted by molar-refractivity contribution is -0.106. The summed E-state index contributed by atoms with van der Waals surface area (Å²) in [7, 11) is 0. The van der Waals surface area contributed by atoms with Crippen molar-refractivity contribution in [2.75, 3.05) is 0 Å². The van der Waals surface area contributed by atoms with Crippen molar-refractivity contribution >= 4 is 18.0 Å². The number of rotatable bonds is 1. The molecule has 1 saturated carbocycles. The van der Waals surface area contributed by atoms with Gasteiger partial charge >= 0.3 is 0 Å². The maximum absolute atomic E-state index is 8.58. The van der Waals surface area contributed by atoms with E-state index in [2.05, 4.69) is 19.6 Å². The van der Waals surface area contributed by atoms with E-state index < -0.39 is 0 Å². The molecule has 0 bridgehead atoms. The van der Waals surface area contributed by atoms with Crippen LogP contribution in [0.3, 0.4) is 0 Å². The summed E-state index contributed by atoms with van der Waals surface area (Å²) in [5.74, 6) is 0.777. The van der Waals surface area contributed by atoms with Gasteiger partial charge in [-0.1, -0.05) is 13.8 Å². The van der Waals surface area contributed by atoms with Gasteiger partial charge in [-0.15, -0.1) is 11.6 Å². The number of carbonyl (C=O) groups is 1. The van der Waals surface area contributed by atoms with Crippen LogP contribution in [0.5, 0.6) is 0 Å². The Morgan fingerprint density at radius 3 is 2.20 bits per heavy atom. The summed E-state index contributed by atoms with van der Waals surface area (Å²) in [5, 5.41) is 0. The second-order valence-electron chi connectivity index (χ2n) is 2.63. The van der Waals surface area contributed by atoms with Crippen molar-refractivity contribution in [1.29, 1.82) is 0 Å². The molecule has 0 aliphatic heterocycles. The molecule has 3 heteroatoms. The van der Waals surface area contributed by atoms with Crippen molar-refractivity contribution in [3.63, 3.8) is 0 Å². The summed E-state index contributed by atoms with van der Waals surface area (Å²) in [6, 6.07) is 0. The average Bonchev–Trinajstić information content (AvgIpc) is 2.45. The highest BCUT2D eigenvalue weighted by molar-refractivity contribution is 6.26. The van der Waals surface area contributed by atoms with Gasteiger partial charge in [0.15, 0.2) is 0 Å². The van der Waals surface area contributed by atoms with E-state index in [9.17, 15) is 0 Å². The topological polar surface area (TPSA) is 43.1 Å². The van der Waals surface area contributed by atoms with Crippen LogP contribution in [0.4, 0.5) is 0 Å². The Balaban J connectivity index is 0.000000236. The minimum Gasteiger partial charge on any atom is -0.372 e. The van der Waals surface area contributed by atoms with Crippen LogP contribution in [0.1, 0.15) is 26.7 Å². The minimum absolute atomic E-state index is 0.222. The third-order valence-electron chi connectivity index (χ3n) is 1.96. The van der Waals surface area contributed by atoms with E-state index in [0.717, 1.165) is 12.3 Å². The van der Waals surface area contributed by atoms with Crippen LogP contribution in [0.15, 0.2) is 0 Å². The zero-order valence-corrected chi connectivity index (χ0v) is 7.19. The van der Waals surface area contributed by atoms with Gasteiger partial charge in [0.05, 0.1) is 0 Å². The minimum atomic E-state index is 0.222. The van der Waals surface area contributed by atoms with Crippen LogP contribution in [-0.4, -0.2) is 11.3 Å². The maximum Gasteiger partial charge on any atom is 0.204 e. The Morgan fingerprint density at radius 2 is 2.20 bits per heavy atom. The smallest absolute Gasteiger partial charge is 0.204 e.